The van der Waals surface area contributed by atoms with Crippen molar-refractivity contribution in [1.82, 2.24) is 10.9 Å². The quantitative estimate of drug-likeness (QED) is 0.532. The highest BCUT2D eigenvalue weighted by molar-refractivity contribution is 9.10. The van der Waals surface area contributed by atoms with E-state index in [9.17, 15) is 18.4 Å². The zero-order valence-corrected chi connectivity index (χ0v) is 15.6. The van der Waals surface area contributed by atoms with Crippen molar-refractivity contribution in [2.45, 2.75) is 6.61 Å². The molecule has 9 heteroatoms. The SMILES string of the molecule is COc1cc(/C=C/C(=O)NNC(=O)c2ccc(Br)cc2)ccc1OC(F)F. The first-order valence-corrected chi connectivity index (χ1v) is 8.35. The average Bonchev–Trinajstić information content (AvgIpc) is 2.65. The smallest absolute Gasteiger partial charge is 0.387 e. The van der Waals surface area contributed by atoms with Crippen LogP contribution in [0.4, 0.5) is 8.78 Å². The number of ether oxygens (including phenoxy) is 2. The molecule has 0 saturated carbocycles. The van der Waals surface area contributed by atoms with E-state index in [0.29, 0.717) is 11.1 Å². The largest absolute Gasteiger partial charge is 0.493 e. The molecule has 2 aromatic rings. The second-order valence-corrected chi connectivity index (χ2v) is 5.99. The molecule has 0 bridgehead atoms. The number of alkyl halides is 2. The van der Waals surface area contributed by atoms with Crippen LogP contribution in [0.15, 0.2) is 53.0 Å². The number of rotatable bonds is 6. The van der Waals surface area contributed by atoms with Crippen molar-refractivity contribution in [2.24, 2.45) is 0 Å². The van der Waals surface area contributed by atoms with Gasteiger partial charge in [-0.15, -0.1) is 0 Å². The summed E-state index contributed by atoms with van der Waals surface area (Å²) < 4.78 is 34.7. The van der Waals surface area contributed by atoms with E-state index in [1.165, 1.54) is 37.5 Å². The Labute approximate surface area is 162 Å². The van der Waals surface area contributed by atoms with Gasteiger partial charge in [-0.2, -0.15) is 8.78 Å². The number of carbonyl (C=O) groups is 2. The standard InChI is InChI=1S/C18H15BrF2N2O4/c1-26-15-10-11(2-8-14(15)27-18(20)21)3-9-16(24)22-23-17(25)12-4-6-13(19)7-5-12/h2-10,18H,1H3,(H,22,24)(H,23,25)/b9-3+. The third-order valence-electron chi connectivity index (χ3n) is 3.24. The minimum atomic E-state index is -2.97. The minimum absolute atomic E-state index is 0.0985. The fourth-order valence-electron chi connectivity index (χ4n) is 1.99. The third-order valence-corrected chi connectivity index (χ3v) is 3.77. The van der Waals surface area contributed by atoms with Gasteiger partial charge in [-0.1, -0.05) is 22.0 Å². The molecule has 0 unspecified atom stereocenters. The third kappa shape index (κ3) is 6.37. The van der Waals surface area contributed by atoms with Gasteiger partial charge in [-0.3, -0.25) is 20.4 Å². The molecule has 142 valence electrons. The van der Waals surface area contributed by atoms with E-state index in [-0.39, 0.29) is 11.5 Å². The first-order chi connectivity index (χ1) is 12.9. The number of carbonyl (C=O) groups excluding carboxylic acids is 2. The number of hydrogen-bond acceptors (Lipinski definition) is 4. The van der Waals surface area contributed by atoms with Crippen LogP contribution in [0.1, 0.15) is 15.9 Å². The van der Waals surface area contributed by atoms with Crippen LogP contribution in [-0.2, 0) is 4.79 Å². The average molecular weight is 441 g/mol. The number of methoxy groups -OCH3 is 1. The molecule has 0 aliphatic carbocycles. The summed E-state index contributed by atoms with van der Waals surface area (Å²) in [6.45, 7) is -2.97. The molecule has 2 N–H and O–H groups in total. The van der Waals surface area contributed by atoms with Gasteiger partial charge in [-0.25, -0.2) is 0 Å². The summed E-state index contributed by atoms with van der Waals surface area (Å²) in [4.78, 5) is 23.7. The summed E-state index contributed by atoms with van der Waals surface area (Å²) in [6, 6.07) is 10.8. The lowest BCUT2D eigenvalue weighted by Crippen LogP contribution is -2.40. The summed E-state index contributed by atoms with van der Waals surface area (Å²) in [7, 11) is 1.31. The maximum atomic E-state index is 12.3. The molecule has 2 amide bonds. The van der Waals surface area contributed by atoms with Crippen molar-refractivity contribution in [2.75, 3.05) is 7.11 Å². The van der Waals surface area contributed by atoms with Crippen molar-refractivity contribution in [3.05, 3.63) is 64.1 Å². The molecule has 0 radical (unpaired) electrons. The summed E-state index contributed by atoms with van der Waals surface area (Å²) >= 11 is 3.26. The van der Waals surface area contributed by atoms with E-state index in [1.807, 2.05) is 0 Å². The number of hydrazine groups is 1. The molecular weight excluding hydrogens is 426 g/mol. The molecule has 2 aromatic carbocycles. The Bertz CT molecular complexity index is 842. The van der Waals surface area contributed by atoms with Crippen LogP contribution in [-0.4, -0.2) is 25.5 Å². The van der Waals surface area contributed by atoms with E-state index in [0.717, 1.165) is 4.47 Å². The molecule has 6 nitrogen and oxygen atoms in total. The number of amides is 2. The topological polar surface area (TPSA) is 76.7 Å². The van der Waals surface area contributed by atoms with Crippen LogP contribution < -0.4 is 20.3 Å². The number of hydrogen-bond donors (Lipinski definition) is 2. The Morgan fingerprint density at radius 3 is 2.41 bits per heavy atom. The normalized spacial score (nSPS) is 10.7. The molecule has 2 rings (SSSR count). The van der Waals surface area contributed by atoms with Crippen molar-refractivity contribution in [1.29, 1.82) is 0 Å². The highest BCUT2D eigenvalue weighted by atomic mass is 79.9. The number of nitrogens with one attached hydrogen (secondary N) is 2. The van der Waals surface area contributed by atoms with Crippen molar-refractivity contribution >= 4 is 33.8 Å². The zero-order chi connectivity index (χ0) is 19.8. The predicted molar refractivity (Wildman–Crippen MR) is 98.4 cm³/mol. The number of benzene rings is 2. The van der Waals surface area contributed by atoms with Crippen LogP contribution in [0, 0.1) is 0 Å². The lowest BCUT2D eigenvalue weighted by Gasteiger charge is -2.10. The van der Waals surface area contributed by atoms with Crippen molar-refractivity contribution in [3.63, 3.8) is 0 Å². The molecule has 0 spiro atoms. The predicted octanol–water partition coefficient (Wildman–Crippen LogP) is 3.53. The lowest BCUT2D eigenvalue weighted by molar-refractivity contribution is -0.117. The Kier molecular flexibility index (Phi) is 7.30. The first-order valence-electron chi connectivity index (χ1n) is 7.56. The Balaban J connectivity index is 1.94. The second kappa shape index (κ2) is 9.67. The van der Waals surface area contributed by atoms with Crippen LogP contribution in [0.3, 0.4) is 0 Å². The fourth-order valence-corrected chi connectivity index (χ4v) is 2.25. The first kappa shape index (κ1) is 20.4. The van der Waals surface area contributed by atoms with E-state index in [4.69, 9.17) is 4.74 Å². The van der Waals surface area contributed by atoms with Gasteiger partial charge in [0, 0.05) is 16.1 Å². The lowest BCUT2D eigenvalue weighted by atomic mass is 10.2. The maximum Gasteiger partial charge on any atom is 0.387 e. The molecular formula is C18H15BrF2N2O4. The van der Waals surface area contributed by atoms with Crippen LogP contribution >= 0.6 is 15.9 Å². The zero-order valence-electron chi connectivity index (χ0n) is 14.0. The van der Waals surface area contributed by atoms with Crippen LogP contribution in [0.2, 0.25) is 0 Å². The molecule has 0 saturated heterocycles. The van der Waals surface area contributed by atoms with E-state index >= 15 is 0 Å². The summed E-state index contributed by atoms with van der Waals surface area (Å²) in [5.74, 6) is -1.07. The minimum Gasteiger partial charge on any atom is -0.493 e. The molecule has 0 aliphatic heterocycles. The van der Waals surface area contributed by atoms with Gasteiger partial charge in [0.1, 0.15) is 0 Å². The second-order valence-electron chi connectivity index (χ2n) is 5.07. The summed E-state index contributed by atoms with van der Waals surface area (Å²) in [5.41, 5.74) is 5.41. The maximum absolute atomic E-state index is 12.3. The molecule has 27 heavy (non-hydrogen) atoms. The van der Waals surface area contributed by atoms with Crippen LogP contribution in [0.25, 0.3) is 6.08 Å². The Hall–Kier alpha value is -2.94. The summed E-state index contributed by atoms with van der Waals surface area (Å²) in [6.07, 6.45) is 2.60. The van der Waals surface area contributed by atoms with Crippen molar-refractivity contribution < 1.29 is 27.8 Å². The molecule has 0 aliphatic rings. The summed E-state index contributed by atoms with van der Waals surface area (Å²) in [5, 5.41) is 0. The van der Waals surface area contributed by atoms with Gasteiger partial charge in [0.15, 0.2) is 11.5 Å². The molecule has 0 atom stereocenters. The monoisotopic (exact) mass is 440 g/mol. The fraction of sp³-hybridized carbons (Fsp3) is 0.111. The van der Waals surface area contributed by atoms with E-state index in [1.54, 1.807) is 24.3 Å². The molecule has 0 heterocycles. The highest BCUT2D eigenvalue weighted by Gasteiger charge is 2.10. The number of halogens is 3. The van der Waals surface area contributed by atoms with Crippen molar-refractivity contribution in [3.8, 4) is 11.5 Å². The van der Waals surface area contributed by atoms with E-state index < -0.39 is 18.4 Å². The van der Waals surface area contributed by atoms with Gasteiger partial charge in [0.05, 0.1) is 7.11 Å². The Morgan fingerprint density at radius 1 is 1.07 bits per heavy atom. The van der Waals surface area contributed by atoms with Gasteiger partial charge in [0.2, 0.25) is 0 Å². The molecule has 0 aromatic heterocycles. The van der Waals surface area contributed by atoms with Gasteiger partial charge in [0.25, 0.3) is 11.8 Å². The molecule has 0 fully saturated rings. The van der Waals surface area contributed by atoms with Gasteiger partial charge in [-0.05, 0) is 48.0 Å². The van der Waals surface area contributed by atoms with Crippen LogP contribution in [0.5, 0.6) is 11.5 Å². The Morgan fingerprint density at radius 2 is 1.78 bits per heavy atom. The van der Waals surface area contributed by atoms with Gasteiger partial charge >= 0.3 is 6.61 Å². The van der Waals surface area contributed by atoms with Gasteiger partial charge < -0.3 is 9.47 Å². The highest BCUT2D eigenvalue weighted by Crippen LogP contribution is 2.29. The van der Waals surface area contributed by atoms with E-state index in [2.05, 4.69) is 31.5 Å².